The standard InChI is InChI=1S/C21H26FN5O2.HI/c1-3-24-21(27-12-16-6-9-18(22)14(2)10-16)26-11-15-4-7-17(8-5-15)20(29)25-13-19(23)28;/h4-10H,3,11-13H2,1-2H3,(H2,23,28)(H,25,29)(H2,24,26,27);1H. The summed E-state index contributed by atoms with van der Waals surface area (Å²) in [6, 6.07) is 11.9. The maximum Gasteiger partial charge on any atom is 0.251 e. The van der Waals surface area contributed by atoms with E-state index in [1.807, 2.05) is 19.1 Å². The average molecular weight is 527 g/mol. The van der Waals surface area contributed by atoms with Gasteiger partial charge in [-0.25, -0.2) is 9.38 Å². The smallest absolute Gasteiger partial charge is 0.251 e. The molecule has 5 N–H and O–H groups in total. The third kappa shape index (κ3) is 8.36. The molecule has 0 aliphatic heterocycles. The fourth-order valence-corrected chi connectivity index (χ4v) is 2.55. The molecule has 0 radical (unpaired) electrons. The van der Waals surface area contributed by atoms with Crippen molar-refractivity contribution in [3.8, 4) is 0 Å². The normalized spacial score (nSPS) is 10.7. The number of halogens is 2. The molecule has 0 saturated heterocycles. The van der Waals surface area contributed by atoms with E-state index in [2.05, 4.69) is 20.9 Å². The van der Waals surface area contributed by atoms with Crippen LogP contribution in [0.5, 0.6) is 0 Å². The van der Waals surface area contributed by atoms with Gasteiger partial charge in [-0.15, -0.1) is 24.0 Å². The molecule has 0 atom stereocenters. The summed E-state index contributed by atoms with van der Waals surface area (Å²) in [6.45, 7) is 5.14. The zero-order valence-electron chi connectivity index (χ0n) is 17.0. The van der Waals surface area contributed by atoms with E-state index in [1.54, 1.807) is 31.2 Å². The number of benzene rings is 2. The molecule has 2 rings (SSSR count). The van der Waals surface area contributed by atoms with Crippen molar-refractivity contribution in [2.75, 3.05) is 13.1 Å². The van der Waals surface area contributed by atoms with Crippen LogP contribution in [-0.4, -0.2) is 30.9 Å². The van der Waals surface area contributed by atoms with Crippen LogP contribution in [0, 0.1) is 12.7 Å². The van der Waals surface area contributed by atoms with E-state index in [4.69, 9.17) is 5.73 Å². The molecule has 0 aliphatic carbocycles. The fourth-order valence-electron chi connectivity index (χ4n) is 2.55. The van der Waals surface area contributed by atoms with Crippen LogP contribution in [0.1, 0.15) is 34.0 Å². The SMILES string of the molecule is CCNC(=NCc1ccc(F)c(C)c1)NCc1ccc(C(=O)NCC(N)=O)cc1.I. The quantitative estimate of drug-likeness (QED) is 0.240. The molecule has 0 aromatic heterocycles. The molecule has 162 valence electrons. The van der Waals surface area contributed by atoms with Gasteiger partial charge in [-0.05, 0) is 48.7 Å². The van der Waals surface area contributed by atoms with E-state index in [0.717, 1.165) is 11.1 Å². The number of aliphatic imine (C=N–C) groups is 1. The molecule has 7 nitrogen and oxygen atoms in total. The van der Waals surface area contributed by atoms with Gasteiger partial charge < -0.3 is 21.7 Å². The molecule has 0 unspecified atom stereocenters. The number of carbonyl (C=O) groups excluding carboxylic acids is 2. The molecular weight excluding hydrogens is 500 g/mol. The molecule has 0 saturated carbocycles. The number of nitrogens with two attached hydrogens (primary N) is 1. The first-order valence-corrected chi connectivity index (χ1v) is 9.31. The number of nitrogens with one attached hydrogen (secondary N) is 3. The molecular formula is C21H27FIN5O2. The first-order chi connectivity index (χ1) is 13.9. The number of aryl methyl sites for hydroxylation is 1. The van der Waals surface area contributed by atoms with Gasteiger partial charge in [-0.1, -0.05) is 24.3 Å². The molecule has 0 aliphatic rings. The van der Waals surface area contributed by atoms with Crippen molar-refractivity contribution in [3.05, 3.63) is 70.5 Å². The second-order valence-electron chi connectivity index (χ2n) is 6.48. The number of primary amides is 1. The largest absolute Gasteiger partial charge is 0.368 e. The lowest BCUT2D eigenvalue weighted by Crippen LogP contribution is -2.36. The second-order valence-corrected chi connectivity index (χ2v) is 6.48. The molecule has 2 aromatic carbocycles. The number of nitrogens with zero attached hydrogens (tertiary/aromatic N) is 1. The summed E-state index contributed by atoms with van der Waals surface area (Å²) >= 11 is 0. The van der Waals surface area contributed by atoms with Crippen LogP contribution in [0.4, 0.5) is 4.39 Å². The first-order valence-electron chi connectivity index (χ1n) is 9.31. The lowest BCUT2D eigenvalue weighted by atomic mass is 10.1. The van der Waals surface area contributed by atoms with Crippen molar-refractivity contribution in [2.45, 2.75) is 26.9 Å². The second kappa shape index (κ2) is 12.8. The molecule has 0 spiro atoms. The number of rotatable bonds is 8. The lowest BCUT2D eigenvalue weighted by molar-refractivity contribution is -0.117. The van der Waals surface area contributed by atoms with E-state index in [-0.39, 0.29) is 42.2 Å². The number of hydrogen-bond donors (Lipinski definition) is 4. The summed E-state index contributed by atoms with van der Waals surface area (Å²) in [4.78, 5) is 27.1. The Morgan fingerprint density at radius 3 is 2.30 bits per heavy atom. The van der Waals surface area contributed by atoms with Crippen molar-refractivity contribution < 1.29 is 14.0 Å². The predicted molar refractivity (Wildman–Crippen MR) is 126 cm³/mol. The highest BCUT2D eigenvalue weighted by atomic mass is 127. The number of carbonyl (C=O) groups is 2. The molecule has 2 amide bonds. The van der Waals surface area contributed by atoms with Gasteiger partial charge in [-0.3, -0.25) is 9.59 Å². The summed E-state index contributed by atoms with van der Waals surface area (Å²) in [5.74, 6) is -0.537. The monoisotopic (exact) mass is 527 g/mol. The summed E-state index contributed by atoms with van der Waals surface area (Å²) in [5, 5.41) is 8.83. The highest BCUT2D eigenvalue weighted by molar-refractivity contribution is 14.0. The Bertz CT molecular complexity index is 887. The summed E-state index contributed by atoms with van der Waals surface area (Å²) < 4.78 is 13.4. The van der Waals surface area contributed by atoms with Crippen molar-refractivity contribution in [1.82, 2.24) is 16.0 Å². The molecule has 9 heteroatoms. The van der Waals surface area contributed by atoms with E-state index in [0.29, 0.717) is 36.7 Å². The summed E-state index contributed by atoms with van der Waals surface area (Å²) in [5.41, 5.74) is 7.94. The van der Waals surface area contributed by atoms with Crippen LogP contribution in [-0.2, 0) is 17.9 Å². The Morgan fingerprint density at radius 1 is 1.03 bits per heavy atom. The lowest BCUT2D eigenvalue weighted by Gasteiger charge is -2.12. The minimum absolute atomic E-state index is 0. The third-order valence-electron chi connectivity index (χ3n) is 4.09. The van der Waals surface area contributed by atoms with Gasteiger partial charge in [0, 0.05) is 18.7 Å². The van der Waals surface area contributed by atoms with Gasteiger partial charge in [-0.2, -0.15) is 0 Å². The zero-order valence-corrected chi connectivity index (χ0v) is 19.3. The van der Waals surface area contributed by atoms with Gasteiger partial charge in [0.05, 0.1) is 13.1 Å². The molecule has 0 heterocycles. The first kappa shape index (κ1) is 25.3. The van der Waals surface area contributed by atoms with Gasteiger partial charge in [0.1, 0.15) is 5.82 Å². The Kier molecular flexibility index (Phi) is 10.8. The van der Waals surface area contributed by atoms with Crippen molar-refractivity contribution in [2.24, 2.45) is 10.7 Å². The van der Waals surface area contributed by atoms with E-state index in [1.165, 1.54) is 6.07 Å². The van der Waals surface area contributed by atoms with E-state index in [9.17, 15) is 14.0 Å². The van der Waals surface area contributed by atoms with Gasteiger partial charge in [0.15, 0.2) is 5.96 Å². The Hall–Kier alpha value is -2.69. The summed E-state index contributed by atoms with van der Waals surface area (Å²) in [7, 11) is 0. The van der Waals surface area contributed by atoms with Gasteiger partial charge in [0.25, 0.3) is 5.91 Å². The Labute approximate surface area is 192 Å². The average Bonchev–Trinajstić information content (AvgIpc) is 2.71. The maximum atomic E-state index is 13.4. The van der Waals surface area contributed by atoms with Crippen LogP contribution in [0.3, 0.4) is 0 Å². The van der Waals surface area contributed by atoms with Crippen LogP contribution in [0.25, 0.3) is 0 Å². The van der Waals surface area contributed by atoms with E-state index < -0.39 is 5.91 Å². The fraction of sp³-hybridized carbons (Fsp3) is 0.286. The minimum atomic E-state index is -0.592. The third-order valence-corrected chi connectivity index (χ3v) is 4.09. The molecule has 2 aromatic rings. The Morgan fingerprint density at radius 2 is 1.70 bits per heavy atom. The molecule has 0 bridgehead atoms. The minimum Gasteiger partial charge on any atom is -0.368 e. The van der Waals surface area contributed by atoms with Crippen molar-refractivity contribution in [1.29, 1.82) is 0 Å². The zero-order chi connectivity index (χ0) is 21.2. The van der Waals surface area contributed by atoms with Crippen molar-refractivity contribution >= 4 is 41.8 Å². The van der Waals surface area contributed by atoms with Crippen LogP contribution < -0.4 is 21.7 Å². The van der Waals surface area contributed by atoms with Crippen LogP contribution in [0.2, 0.25) is 0 Å². The van der Waals surface area contributed by atoms with E-state index >= 15 is 0 Å². The highest BCUT2D eigenvalue weighted by Gasteiger charge is 2.06. The number of hydrogen-bond acceptors (Lipinski definition) is 3. The predicted octanol–water partition coefficient (Wildman–Crippen LogP) is 2.22. The summed E-state index contributed by atoms with van der Waals surface area (Å²) in [6.07, 6.45) is 0. The van der Waals surface area contributed by atoms with Gasteiger partial charge in [0.2, 0.25) is 5.91 Å². The molecule has 0 fully saturated rings. The highest BCUT2D eigenvalue weighted by Crippen LogP contribution is 2.10. The van der Waals surface area contributed by atoms with Crippen LogP contribution in [0.15, 0.2) is 47.5 Å². The Balaban J connectivity index is 0.00000450. The van der Waals surface area contributed by atoms with Crippen LogP contribution >= 0.6 is 24.0 Å². The number of amides is 2. The maximum absolute atomic E-state index is 13.4. The topological polar surface area (TPSA) is 109 Å². The van der Waals surface area contributed by atoms with Crippen molar-refractivity contribution in [3.63, 3.8) is 0 Å². The molecule has 30 heavy (non-hydrogen) atoms. The number of guanidine groups is 1. The van der Waals surface area contributed by atoms with Gasteiger partial charge >= 0.3 is 0 Å².